The summed E-state index contributed by atoms with van der Waals surface area (Å²) in [6.07, 6.45) is -1.29. The second-order valence-electron chi connectivity index (χ2n) is 15.3. The number of halogens is 3. The van der Waals surface area contributed by atoms with Crippen LogP contribution in [0.1, 0.15) is 11.6 Å². The van der Waals surface area contributed by atoms with Crippen molar-refractivity contribution in [2.75, 3.05) is 0 Å². The van der Waals surface area contributed by atoms with Gasteiger partial charge in [0.15, 0.2) is 0 Å². The smallest absolute Gasteiger partial charge is 0.451 e. The van der Waals surface area contributed by atoms with Crippen LogP contribution < -0.4 is 9.47 Å². The van der Waals surface area contributed by atoms with E-state index >= 15 is 0 Å². The van der Waals surface area contributed by atoms with Crippen LogP contribution in [0.3, 0.4) is 0 Å². The summed E-state index contributed by atoms with van der Waals surface area (Å²) in [4.78, 5) is 21.3. The highest BCUT2D eigenvalue weighted by Crippen LogP contribution is 2.41. The fraction of sp³-hybridized carbons (Fsp3) is 0.0392. The molecule has 0 spiro atoms. The number of hydrogen-bond donors (Lipinski definition) is 0. The Labute approximate surface area is 361 Å². The van der Waals surface area contributed by atoms with Crippen LogP contribution in [0.4, 0.5) is 13.2 Å². The van der Waals surface area contributed by atoms with Crippen LogP contribution >= 0.6 is 0 Å². The first kappa shape index (κ1) is 37.2. The molecule has 0 fully saturated rings. The SMILES string of the molecule is Cc1nc(-n2c3cc(Oc4ccc5c6ccccc6n(-c6ccccn6)c5c4)ccc3c3ccc(Oc4ccc5c6ccccc6n(-c6ccccn6)c5c4)cc32)nc(C(F)(F)F)n1. The number of alkyl halides is 3. The topological polar surface area (TPSA) is 97.7 Å². The molecule has 308 valence electrons. The first-order chi connectivity index (χ1) is 31.2. The Morgan fingerprint density at radius 2 is 0.797 bits per heavy atom. The average molecular weight is 845 g/mol. The number of pyridine rings is 2. The quantitative estimate of drug-likeness (QED) is 0.158. The standard InChI is InChI=1S/C51H31F3N8O2/c1-30-57-49(51(52,53)54)59-50(58-30)62-45-28-33(63-31-16-20-37-35-10-2-4-12-41(35)60(43(37)26-31)47-14-6-8-24-55-47)18-22-39(45)40-23-19-34(29-46(40)62)64-32-17-21-38-36-11-3-5-13-42(36)61(44(38)27-32)48-15-7-9-25-56-48/h2-29H,1H3. The number of rotatable bonds is 7. The molecule has 6 heterocycles. The minimum atomic E-state index is -4.81. The van der Waals surface area contributed by atoms with E-state index in [0.29, 0.717) is 34.0 Å². The average Bonchev–Trinajstić information content (AvgIpc) is 3.93. The third kappa shape index (κ3) is 6.08. The summed E-state index contributed by atoms with van der Waals surface area (Å²) >= 11 is 0. The Balaban J connectivity index is 0.991. The van der Waals surface area contributed by atoms with Gasteiger partial charge in [-0.2, -0.15) is 23.1 Å². The summed E-state index contributed by atoms with van der Waals surface area (Å²) in [6, 6.07) is 50.6. The van der Waals surface area contributed by atoms with E-state index in [1.807, 2.05) is 121 Å². The largest absolute Gasteiger partial charge is 0.457 e. The highest BCUT2D eigenvalue weighted by atomic mass is 19.4. The molecule has 0 unspecified atom stereocenters. The van der Waals surface area contributed by atoms with Crippen LogP contribution in [0.15, 0.2) is 170 Å². The second kappa shape index (κ2) is 14.2. The van der Waals surface area contributed by atoms with Crippen LogP contribution in [0.2, 0.25) is 0 Å². The summed E-state index contributed by atoms with van der Waals surface area (Å²) < 4.78 is 61.7. The van der Waals surface area contributed by atoms with Crippen molar-refractivity contribution in [3.8, 4) is 40.6 Å². The van der Waals surface area contributed by atoms with Crippen LogP contribution in [0.5, 0.6) is 23.0 Å². The molecular formula is C51H31F3N8O2. The van der Waals surface area contributed by atoms with E-state index in [2.05, 4.69) is 58.3 Å². The number of ether oxygens (including phenoxy) is 2. The van der Waals surface area contributed by atoms with E-state index < -0.39 is 12.0 Å². The number of hydrogen-bond acceptors (Lipinski definition) is 7. The molecule has 0 aliphatic carbocycles. The Morgan fingerprint density at radius 3 is 1.20 bits per heavy atom. The van der Waals surface area contributed by atoms with Gasteiger partial charge in [-0.25, -0.2) is 15.0 Å². The molecule has 12 aromatic rings. The second-order valence-corrected chi connectivity index (χ2v) is 15.3. The molecule has 0 saturated heterocycles. The lowest BCUT2D eigenvalue weighted by molar-refractivity contribution is -0.145. The lowest BCUT2D eigenvalue weighted by Gasteiger charge is -2.12. The van der Waals surface area contributed by atoms with Gasteiger partial charge < -0.3 is 9.47 Å². The fourth-order valence-electron chi connectivity index (χ4n) is 8.78. The molecule has 0 atom stereocenters. The normalized spacial score (nSPS) is 12.1. The van der Waals surface area contributed by atoms with Gasteiger partial charge in [-0.3, -0.25) is 13.7 Å². The predicted octanol–water partition coefficient (Wildman–Crippen LogP) is 12.9. The molecule has 13 heteroatoms. The fourth-order valence-corrected chi connectivity index (χ4v) is 8.78. The van der Waals surface area contributed by atoms with Crippen molar-refractivity contribution in [2.24, 2.45) is 0 Å². The maximum absolute atomic E-state index is 14.2. The van der Waals surface area contributed by atoms with Crippen molar-refractivity contribution in [2.45, 2.75) is 13.1 Å². The van der Waals surface area contributed by atoms with Gasteiger partial charge in [-0.15, -0.1) is 0 Å². The first-order valence-corrected chi connectivity index (χ1v) is 20.4. The molecule has 6 aromatic heterocycles. The molecule has 0 radical (unpaired) electrons. The van der Waals surface area contributed by atoms with E-state index in [1.165, 1.54) is 6.92 Å². The predicted molar refractivity (Wildman–Crippen MR) is 241 cm³/mol. The molecule has 12 rings (SSSR count). The molecule has 64 heavy (non-hydrogen) atoms. The Hall–Kier alpha value is -8.58. The highest BCUT2D eigenvalue weighted by Gasteiger charge is 2.36. The Bertz CT molecular complexity index is 3590. The number of aromatic nitrogens is 8. The van der Waals surface area contributed by atoms with Gasteiger partial charge in [0.2, 0.25) is 11.8 Å². The van der Waals surface area contributed by atoms with Gasteiger partial charge in [-0.05, 0) is 91.9 Å². The van der Waals surface area contributed by atoms with Crippen LogP contribution in [0.25, 0.3) is 83.0 Å². The molecule has 0 saturated carbocycles. The van der Waals surface area contributed by atoms with E-state index in [4.69, 9.17) is 9.47 Å². The lowest BCUT2D eigenvalue weighted by atomic mass is 10.1. The van der Waals surface area contributed by atoms with Crippen molar-refractivity contribution in [1.82, 2.24) is 38.6 Å². The lowest BCUT2D eigenvalue weighted by Crippen LogP contribution is -2.16. The minimum Gasteiger partial charge on any atom is -0.457 e. The monoisotopic (exact) mass is 844 g/mol. The number of fused-ring (bicyclic) bond motifs is 9. The van der Waals surface area contributed by atoms with Gasteiger partial charge in [-0.1, -0.05) is 48.5 Å². The van der Waals surface area contributed by atoms with Crippen molar-refractivity contribution in [1.29, 1.82) is 0 Å². The van der Waals surface area contributed by atoms with Gasteiger partial charge in [0.25, 0.3) is 0 Å². The third-order valence-electron chi connectivity index (χ3n) is 11.4. The Morgan fingerprint density at radius 1 is 0.406 bits per heavy atom. The molecule has 0 amide bonds. The maximum atomic E-state index is 14.2. The van der Waals surface area contributed by atoms with Crippen LogP contribution in [-0.2, 0) is 6.18 Å². The number of nitrogens with zero attached hydrogens (tertiary/aromatic N) is 8. The molecule has 0 aliphatic rings. The van der Waals surface area contributed by atoms with Gasteiger partial charge in [0, 0.05) is 69.0 Å². The molecule has 0 aliphatic heterocycles. The third-order valence-corrected chi connectivity index (χ3v) is 11.4. The maximum Gasteiger partial charge on any atom is 0.451 e. The summed E-state index contributed by atoms with van der Waals surface area (Å²) in [5.74, 6) is 1.96. The summed E-state index contributed by atoms with van der Waals surface area (Å²) in [6.45, 7) is 1.41. The number of para-hydroxylation sites is 2. The highest BCUT2D eigenvalue weighted by molar-refractivity contribution is 6.11. The zero-order valence-corrected chi connectivity index (χ0v) is 33.7. The zero-order chi connectivity index (χ0) is 43.1. The van der Waals surface area contributed by atoms with Crippen molar-refractivity contribution in [3.63, 3.8) is 0 Å². The molecule has 0 N–H and O–H groups in total. The summed E-state index contributed by atoms with van der Waals surface area (Å²) in [5.41, 5.74) is 4.85. The molecule has 10 nitrogen and oxygen atoms in total. The van der Waals surface area contributed by atoms with E-state index in [1.54, 1.807) is 29.1 Å². The Kier molecular flexibility index (Phi) is 8.28. The van der Waals surface area contributed by atoms with Crippen LogP contribution in [0, 0.1) is 6.92 Å². The minimum absolute atomic E-state index is 0.0830. The number of benzene rings is 6. The van der Waals surface area contributed by atoms with Gasteiger partial charge in [0.1, 0.15) is 40.5 Å². The molecule has 0 bridgehead atoms. The molecule has 6 aromatic carbocycles. The van der Waals surface area contributed by atoms with E-state index in [9.17, 15) is 13.2 Å². The van der Waals surface area contributed by atoms with Gasteiger partial charge in [0.05, 0.1) is 33.1 Å². The van der Waals surface area contributed by atoms with Crippen molar-refractivity contribution in [3.05, 3.63) is 182 Å². The van der Waals surface area contributed by atoms with E-state index in [-0.39, 0.29) is 11.8 Å². The van der Waals surface area contributed by atoms with Gasteiger partial charge >= 0.3 is 6.18 Å². The van der Waals surface area contributed by atoms with Crippen LogP contribution in [-0.4, -0.2) is 38.6 Å². The first-order valence-electron chi connectivity index (χ1n) is 20.4. The van der Waals surface area contributed by atoms with E-state index in [0.717, 1.165) is 66.0 Å². The van der Waals surface area contributed by atoms with Crippen molar-refractivity contribution >= 4 is 65.4 Å². The number of aryl methyl sites for hydroxylation is 1. The zero-order valence-electron chi connectivity index (χ0n) is 33.7. The summed E-state index contributed by atoms with van der Waals surface area (Å²) in [5, 5.41) is 5.69. The van der Waals surface area contributed by atoms with Crippen molar-refractivity contribution < 1.29 is 22.6 Å². The molecular weight excluding hydrogens is 814 g/mol. The summed E-state index contributed by atoms with van der Waals surface area (Å²) in [7, 11) is 0.